The van der Waals surface area contributed by atoms with Gasteiger partial charge in [0.15, 0.2) is 16.2 Å². The highest BCUT2D eigenvalue weighted by atomic mass is 29.3. The molecule has 0 unspecified atom stereocenters. The fourth-order valence-electron chi connectivity index (χ4n) is 5.94. The quantitative estimate of drug-likeness (QED) is 0.340. The minimum absolute atomic E-state index is 0.297. The second-order valence-electron chi connectivity index (χ2n) is 12.6. The molecule has 0 radical (unpaired) electrons. The van der Waals surface area contributed by atoms with E-state index in [-0.39, 0.29) is 0 Å². The monoisotopic (exact) mass is 414 g/mol. The molecule has 5 heteroatoms. The Balaban J connectivity index is 4.02. The van der Waals surface area contributed by atoms with Crippen molar-refractivity contribution in [3.63, 3.8) is 0 Å². The average molecular weight is 415 g/mol. The van der Waals surface area contributed by atoms with E-state index < -0.39 is 31.8 Å². The molecule has 0 aromatic rings. The van der Waals surface area contributed by atoms with E-state index in [1.807, 2.05) is 0 Å². The van der Waals surface area contributed by atoms with Crippen LogP contribution in [0.25, 0.3) is 0 Å². The molecule has 0 aliphatic carbocycles. The van der Waals surface area contributed by atoms with E-state index in [9.17, 15) is 0 Å². The van der Waals surface area contributed by atoms with Crippen LogP contribution in [0.2, 0.25) is 69.6 Å². The molecule has 0 amide bonds. The Morgan fingerprint density at radius 3 is 1.56 bits per heavy atom. The smallest absolute Gasteiger partial charge is 0.174 e. The summed E-state index contributed by atoms with van der Waals surface area (Å²) in [5.74, 6) is 0. The van der Waals surface area contributed by atoms with Crippen molar-refractivity contribution in [3.05, 3.63) is 11.1 Å². The van der Waals surface area contributed by atoms with E-state index in [2.05, 4.69) is 93.5 Å². The van der Waals surface area contributed by atoms with Crippen molar-refractivity contribution in [1.29, 1.82) is 0 Å². The molecule has 0 fully saturated rings. The van der Waals surface area contributed by atoms with E-state index in [1.54, 1.807) is 11.1 Å². The first kappa shape index (κ1) is 23.6. The minimum Gasteiger partial charge on any atom is -0.457 e. The molecule has 0 saturated carbocycles. The van der Waals surface area contributed by atoms with Crippen LogP contribution < -0.4 is 0 Å². The maximum atomic E-state index is 7.56. The Bertz CT molecular complexity index is 524. The SMILES string of the molecule is CC1=C(C)C[Si@](O[Si](C)(C)C)([Si](C)(C)C)[C@](C(C)(C)C)([Si](C)(C)C)C1. The largest absolute Gasteiger partial charge is 0.457 e. The maximum absolute atomic E-state index is 7.56. The van der Waals surface area contributed by atoms with Gasteiger partial charge in [-0.2, -0.15) is 0 Å². The van der Waals surface area contributed by atoms with Gasteiger partial charge in [0.2, 0.25) is 0 Å². The van der Waals surface area contributed by atoms with Crippen LogP contribution in [0.4, 0.5) is 0 Å². The standard InChI is InChI=1S/C20H46OSi4/c1-17-15-20(19(3,4)5,22(6,7)8)25(16-18(17)2,24(12,13)14)21-23(9,10)11/h15-16H2,1-14H3/t20-,25+/m1/s1. The fraction of sp³-hybridized carbons (Fsp3) is 0.900. The van der Waals surface area contributed by atoms with Gasteiger partial charge in [0, 0.05) is 0 Å². The highest BCUT2D eigenvalue weighted by Crippen LogP contribution is 2.68. The van der Waals surface area contributed by atoms with Crippen LogP contribution in [0.5, 0.6) is 0 Å². The molecule has 0 aromatic heterocycles. The van der Waals surface area contributed by atoms with Gasteiger partial charge in [-0.1, -0.05) is 71.2 Å². The van der Waals surface area contributed by atoms with Gasteiger partial charge in [0.05, 0.1) is 15.7 Å². The van der Waals surface area contributed by atoms with Gasteiger partial charge in [-0.05, 0) is 56.0 Å². The van der Waals surface area contributed by atoms with Crippen LogP contribution in [0.3, 0.4) is 0 Å². The summed E-state index contributed by atoms with van der Waals surface area (Å²) >= 11 is 0. The van der Waals surface area contributed by atoms with Crippen molar-refractivity contribution in [3.8, 4) is 0 Å². The second-order valence-corrected chi connectivity index (χ2v) is 37.8. The zero-order valence-electron chi connectivity index (χ0n) is 19.8. The topological polar surface area (TPSA) is 9.23 Å². The summed E-state index contributed by atoms with van der Waals surface area (Å²) in [5.41, 5.74) is 3.62. The molecule has 1 rings (SSSR count). The molecule has 148 valence electrons. The van der Waals surface area contributed by atoms with Crippen LogP contribution in [-0.2, 0) is 4.12 Å². The van der Waals surface area contributed by atoms with Crippen LogP contribution in [0, 0.1) is 5.41 Å². The van der Waals surface area contributed by atoms with E-state index in [0.29, 0.717) is 10.1 Å². The van der Waals surface area contributed by atoms with E-state index in [0.717, 1.165) is 0 Å². The lowest BCUT2D eigenvalue weighted by Gasteiger charge is -2.68. The summed E-state index contributed by atoms with van der Waals surface area (Å²) in [6.45, 7) is 35.5. The Morgan fingerprint density at radius 2 is 1.28 bits per heavy atom. The molecule has 1 aliphatic heterocycles. The highest BCUT2D eigenvalue weighted by molar-refractivity contribution is 7.43. The van der Waals surface area contributed by atoms with Gasteiger partial charge in [0.25, 0.3) is 0 Å². The normalized spacial score (nSPS) is 30.0. The highest BCUT2D eigenvalue weighted by Gasteiger charge is 2.71. The number of allylic oxidation sites excluding steroid dienone is 2. The lowest BCUT2D eigenvalue weighted by Crippen LogP contribution is -2.78. The summed E-state index contributed by atoms with van der Waals surface area (Å²) in [7, 11) is -6.59. The van der Waals surface area contributed by atoms with Crippen molar-refractivity contribution < 1.29 is 4.12 Å². The molecule has 25 heavy (non-hydrogen) atoms. The molecular formula is C20H46OSi4. The van der Waals surface area contributed by atoms with Crippen LogP contribution in [-0.4, -0.2) is 31.8 Å². The van der Waals surface area contributed by atoms with Crippen molar-refractivity contribution in [2.45, 2.75) is 111 Å². The summed E-state index contributed by atoms with van der Waals surface area (Å²) < 4.78 is 7.96. The molecule has 0 bridgehead atoms. The van der Waals surface area contributed by atoms with E-state index in [4.69, 9.17) is 4.12 Å². The van der Waals surface area contributed by atoms with Crippen LogP contribution in [0.15, 0.2) is 11.1 Å². The lowest BCUT2D eigenvalue weighted by atomic mass is 9.85. The minimum atomic E-state index is -1.97. The molecule has 1 aliphatic rings. The molecule has 1 heterocycles. The van der Waals surface area contributed by atoms with E-state index >= 15 is 0 Å². The number of rotatable bonds is 4. The molecule has 0 aromatic carbocycles. The third-order valence-corrected chi connectivity index (χ3v) is 34.0. The molecular weight excluding hydrogens is 369 g/mol. The van der Waals surface area contributed by atoms with Gasteiger partial charge < -0.3 is 4.12 Å². The first-order valence-electron chi connectivity index (χ1n) is 10.1. The molecule has 0 spiro atoms. The van der Waals surface area contributed by atoms with Gasteiger partial charge in [-0.15, -0.1) is 0 Å². The van der Waals surface area contributed by atoms with Crippen molar-refractivity contribution in [2.75, 3.05) is 0 Å². The summed E-state index contributed by atoms with van der Waals surface area (Å²) in [6.07, 6.45) is 1.29. The van der Waals surface area contributed by atoms with E-state index in [1.165, 1.54) is 12.5 Å². The second kappa shape index (κ2) is 6.57. The van der Waals surface area contributed by atoms with Crippen LogP contribution >= 0.6 is 0 Å². The van der Waals surface area contributed by atoms with Crippen molar-refractivity contribution >= 4 is 31.8 Å². The Labute approximate surface area is 163 Å². The predicted octanol–water partition coefficient (Wildman–Crippen LogP) is 7.60. The molecule has 0 N–H and O–H groups in total. The maximum Gasteiger partial charge on any atom is 0.174 e. The number of hydrogen-bond acceptors (Lipinski definition) is 1. The third-order valence-electron chi connectivity index (χ3n) is 6.71. The molecule has 2 atom stereocenters. The van der Waals surface area contributed by atoms with Gasteiger partial charge in [-0.3, -0.25) is 0 Å². The Hall–Kier alpha value is 0.568. The predicted molar refractivity (Wildman–Crippen MR) is 127 cm³/mol. The fourth-order valence-corrected chi connectivity index (χ4v) is 45.7. The first-order chi connectivity index (χ1) is 10.7. The summed E-state index contributed by atoms with van der Waals surface area (Å²) in [6, 6.07) is 1.29. The number of hydrogen-bond donors (Lipinski definition) is 0. The van der Waals surface area contributed by atoms with Crippen molar-refractivity contribution in [2.24, 2.45) is 5.41 Å². The van der Waals surface area contributed by atoms with Gasteiger partial charge in [0.1, 0.15) is 0 Å². The van der Waals surface area contributed by atoms with Gasteiger partial charge >= 0.3 is 0 Å². The molecule has 1 nitrogen and oxygen atoms in total. The average Bonchev–Trinajstić information content (AvgIpc) is 2.26. The van der Waals surface area contributed by atoms with Crippen molar-refractivity contribution in [1.82, 2.24) is 0 Å². The Kier molecular flexibility index (Phi) is 6.21. The third kappa shape index (κ3) is 3.91. The lowest BCUT2D eigenvalue weighted by molar-refractivity contribution is 0.289. The first-order valence-corrected chi connectivity index (χ1v) is 23.6. The summed E-state index contributed by atoms with van der Waals surface area (Å²) in [4.78, 5) is 0. The summed E-state index contributed by atoms with van der Waals surface area (Å²) in [5, 5.41) is 0. The Morgan fingerprint density at radius 1 is 0.840 bits per heavy atom. The van der Waals surface area contributed by atoms with Gasteiger partial charge in [-0.25, -0.2) is 0 Å². The zero-order valence-corrected chi connectivity index (χ0v) is 23.8. The van der Waals surface area contributed by atoms with Crippen LogP contribution in [0.1, 0.15) is 41.0 Å². The zero-order chi connectivity index (χ0) is 20.3. The molecule has 0 saturated heterocycles.